The van der Waals surface area contributed by atoms with Crippen molar-refractivity contribution in [1.82, 2.24) is 10.0 Å². The summed E-state index contributed by atoms with van der Waals surface area (Å²) < 4.78 is 26.2. The van der Waals surface area contributed by atoms with Crippen LogP contribution in [0.25, 0.3) is 0 Å². The molecule has 1 aliphatic heterocycles. The van der Waals surface area contributed by atoms with Crippen molar-refractivity contribution in [2.24, 2.45) is 17.3 Å². The largest absolute Gasteiger partial charge is 0.307 e. The molecule has 1 saturated heterocycles. The quantitative estimate of drug-likeness (QED) is 0.667. The van der Waals surface area contributed by atoms with E-state index >= 15 is 0 Å². The Morgan fingerprint density at radius 3 is 2.57 bits per heavy atom. The molecule has 2 aliphatic carbocycles. The number of hydrogen-bond acceptors (Lipinski definition) is 5. The van der Waals surface area contributed by atoms with Crippen molar-refractivity contribution in [2.75, 3.05) is 6.54 Å². The normalized spacial score (nSPS) is 36.5. The zero-order valence-corrected chi connectivity index (χ0v) is 14.2. The summed E-state index contributed by atoms with van der Waals surface area (Å²) >= 11 is 0. The van der Waals surface area contributed by atoms with Gasteiger partial charge in [0.1, 0.15) is 0 Å². The average molecular weight is 340 g/mol. The van der Waals surface area contributed by atoms with E-state index in [1.54, 1.807) is 6.08 Å². The van der Waals surface area contributed by atoms with Crippen LogP contribution in [0.2, 0.25) is 0 Å². The number of ketones is 1. The molecule has 6 nitrogen and oxygen atoms in total. The summed E-state index contributed by atoms with van der Waals surface area (Å²) in [5.74, 6) is -0.218. The standard InChI is InChI=1S/C16H24N2O4S/c1-3-11-7-16(11,8-14(19)13-6-10(2)9-17-13)15(20)18-23(21,22)12-4-5-12/h3,10-13,17H,1,4-9H2,2H3,(H,18,20)/t10-,11?,13+,16?/m1/s1. The van der Waals surface area contributed by atoms with Crippen molar-refractivity contribution < 1.29 is 18.0 Å². The van der Waals surface area contributed by atoms with Crippen LogP contribution in [-0.2, 0) is 19.6 Å². The number of Topliss-reactive ketones (excluding diaryl/α,β-unsaturated/α-hetero) is 1. The first-order valence-electron chi connectivity index (χ1n) is 8.23. The minimum absolute atomic E-state index is 0.00216. The van der Waals surface area contributed by atoms with E-state index in [9.17, 15) is 18.0 Å². The van der Waals surface area contributed by atoms with E-state index in [0.29, 0.717) is 25.2 Å². The van der Waals surface area contributed by atoms with Gasteiger partial charge in [0.25, 0.3) is 0 Å². The summed E-state index contributed by atoms with van der Waals surface area (Å²) in [6.07, 6.45) is 4.21. The highest BCUT2D eigenvalue weighted by atomic mass is 32.2. The van der Waals surface area contributed by atoms with Gasteiger partial charge in [-0.3, -0.25) is 14.3 Å². The summed E-state index contributed by atoms with van der Waals surface area (Å²) in [6.45, 7) is 6.58. The molecule has 0 aromatic heterocycles. The Morgan fingerprint density at radius 1 is 1.39 bits per heavy atom. The minimum Gasteiger partial charge on any atom is -0.307 e. The summed E-state index contributed by atoms with van der Waals surface area (Å²) in [5, 5.41) is 2.73. The lowest BCUT2D eigenvalue weighted by Gasteiger charge is -2.18. The molecule has 23 heavy (non-hydrogen) atoms. The Labute approximate surface area is 137 Å². The van der Waals surface area contributed by atoms with Gasteiger partial charge >= 0.3 is 0 Å². The third-order valence-corrected chi connectivity index (χ3v) is 7.12. The SMILES string of the molecule is C=CC1CC1(CC(=O)[C@@H]1C[C@@H](C)CN1)C(=O)NS(=O)(=O)C1CC1. The second-order valence-corrected chi connectivity index (χ2v) is 9.28. The van der Waals surface area contributed by atoms with Gasteiger partial charge in [-0.15, -0.1) is 6.58 Å². The first-order chi connectivity index (χ1) is 10.8. The fourth-order valence-electron chi connectivity index (χ4n) is 3.47. The van der Waals surface area contributed by atoms with E-state index in [2.05, 4.69) is 23.5 Å². The topological polar surface area (TPSA) is 92.3 Å². The highest BCUT2D eigenvalue weighted by molar-refractivity contribution is 7.90. The molecule has 128 valence electrons. The Kier molecular flexibility index (Phi) is 4.13. The van der Waals surface area contributed by atoms with Crippen molar-refractivity contribution in [3.8, 4) is 0 Å². The molecule has 1 heterocycles. The molecule has 2 unspecified atom stereocenters. The van der Waals surface area contributed by atoms with Crippen LogP contribution < -0.4 is 10.0 Å². The summed E-state index contributed by atoms with van der Waals surface area (Å²) in [4.78, 5) is 25.0. The number of amides is 1. The third-order valence-electron chi connectivity index (χ3n) is 5.30. The molecule has 3 aliphatic rings. The van der Waals surface area contributed by atoms with E-state index in [4.69, 9.17) is 0 Å². The fourth-order valence-corrected chi connectivity index (χ4v) is 4.86. The Hall–Kier alpha value is -1.21. The molecule has 0 aromatic rings. The first-order valence-corrected chi connectivity index (χ1v) is 9.78. The molecular formula is C16H24N2O4S. The summed E-state index contributed by atoms with van der Waals surface area (Å²) in [7, 11) is -3.59. The maximum absolute atomic E-state index is 12.5. The van der Waals surface area contributed by atoms with Gasteiger partial charge in [0.15, 0.2) is 5.78 Å². The maximum atomic E-state index is 12.5. The lowest BCUT2D eigenvalue weighted by Crippen LogP contribution is -2.42. The predicted octanol–water partition coefficient (Wildman–Crippen LogP) is 0.744. The van der Waals surface area contributed by atoms with Crippen molar-refractivity contribution in [2.45, 2.75) is 50.3 Å². The zero-order valence-electron chi connectivity index (χ0n) is 13.4. The molecule has 2 saturated carbocycles. The van der Waals surface area contributed by atoms with Crippen LogP contribution >= 0.6 is 0 Å². The summed E-state index contributed by atoms with van der Waals surface area (Å²) in [5.41, 5.74) is -0.922. The average Bonchev–Trinajstić information content (AvgIpc) is 3.37. The number of allylic oxidation sites excluding steroid dienone is 1. The van der Waals surface area contributed by atoms with Gasteiger partial charge in [0, 0.05) is 6.42 Å². The number of carbonyl (C=O) groups is 2. The molecule has 4 atom stereocenters. The van der Waals surface area contributed by atoms with Crippen molar-refractivity contribution >= 4 is 21.7 Å². The number of carbonyl (C=O) groups excluding carboxylic acids is 2. The highest BCUT2D eigenvalue weighted by Gasteiger charge is 2.60. The number of nitrogens with one attached hydrogen (secondary N) is 2. The van der Waals surface area contributed by atoms with Gasteiger partial charge in [0.05, 0.1) is 16.7 Å². The Bertz CT molecular complexity index is 640. The van der Waals surface area contributed by atoms with Crippen LogP contribution in [-0.4, -0.2) is 37.9 Å². The van der Waals surface area contributed by atoms with Crippen LogP contribution in [0.5, 0.6) is 0 Å². The molecule has 7 heteroatoms. The minimum atomic E-state index is -3.59. The molecule has 0 bridgehead atoms. The lowest BCUT2D eigenvalue weighted by atomic mass is 9.91. The van der Waals surface area contributed by atoms with Gasteiger partial charge in [-0.1, -0.05) is 13.0 Å². The molecule has 2 N–H and O–H groups in total. The van der Waals surface area contributed by atoms with Crippen LogP contribution in [0.1, 0.15) is 39.0 Å². The van der Waals surface area contributed by atoms with E-state index in [1.807, 2.05) is 0 Å². The van der Waals surface area contributed by atoms with Crippen molar-refractivity contribution in [1.29, 1.82) is 0 Å². The van der Waals surface area contributed by atoms with Gasteiger partial charge in [-0.05, 0) is 44.1 Å². The van der Waals surface area contributed by atoms with Crippen LogP contribution in [0.3, 0.4) is 0 Å². The monoisotopic (exact) mass is 340 g/mol. The summed E-state index contributed by atoms with van der Waals surface area (Å²) in [6, 6.07) is -0.222. The van der Waals surface area contributed by atoms with Gasteiger partial charge in [-0.25, -0.2) is 8.42 Å². The first kappa shape index (κ1) is 16.6. The molecule has 0 aromatic carbocycles. The molecule has 3 fully saturated rings. The van der Waals surface area contributed by atoms with Gasteiger partial charge < -0.3 is 5.32 Å². The molecule has 1 amide bonds. The number of sulfonamides is 1. The Balaban J connectivity index is 1.68. The van der Waals surface area contributed by atoms with Crippen molar-refractivity contribution in [3.05, 3.63) is 12.7 Å². The number of rotatable bonds is 7. The Morgan fingerprint density at radius 2 is 2.09 bits per heavy atom. The second kappa shape index (κ2) is 5.70. The second-order valence-electron chi connectivity index (χ2n) is 7.32. The van der Waals surface area contributed by atoms with Crippen LogP contribution in [0.15, 0.2) is 12.7 Å². The maximum Gasteiger partial charge on any atom is 0.240 e. The molecular weight excluding hydrogens is 316 g/mol. The van der Waals surface area contributed by atoms with Crippen LogP contribution in [0.4, 0.5) is 0 Å². The third kappa shape index (κ3) is 3.21. The van der Waals surface area contributed by atoms with Gasteiger partial charge in [0.2, 0.25) is 15.9 Å². The predicted molar refractivity (Wildman–Crippen MR) is 86.0 cm³/mol. The molecule has 0 spiro atoms. The van der Waals surface area contributed by atoms with E-state index in [1.165, 1.54) is 0 Å². The van der Waals surface area contributed by atoms with Crippen molar-refractivity contribution in [3.63, 3.8) is 0 Å². The molecule has 3 rings (SSSR count). The van der Waals surface area contributed by atoms with E-state index < -0.39 is 26.6 Å². The smallest absolute Gasteiger partial charge is 0.240 e. The zero-order chi connectivity index (χ0) is 16.8. The number of hydrogen-bond donors (Lipinski definition) is 2. The fraction of sp³-hybridized carbons (Fsp3) is 0.750. The van der Waals surface area contributed by atoms with Gasteiger partial charge in [-0.2, -0.15) is 0 Å². The van der Waals surface area contributed by atoms with E-state index in [-0.39, 0.29) is 24.2 Å². The molecule has 0 radical (unpaired) electrons. The van der Waals surface area contributed by atoms with E-state index in [0.717, 1.165) is 13.0 Å². The van der Waals surface area contributed by atoms with Crippen LogP contribution in [0, 0.1) is 17.3 Å². The lowest BCUT2D eigenvalue weighted by molar-refractivity contribution is -0.130. The highest BCUT2D eigenvalue weighted by Crippen LogP contribution is 2.56.